The molecule has 1 heterocycles. The van der Waals surface area contributed by atoms with Gasteiger partial charge in [0.1, 0.15) is 212 Å². The maximum atomic E-state index is 7.59. The first-order chi connectivity index (χ1) is 38.9. The lowest BCUT2D eigenvalue weighted by Crippen LogP contribution is -2.55. The molecular weight excluding hydrogens is 987 g/mol. The minimum absolute atomic E-state index is 0.00143. The summed E-state index contributed by atoms with van der Waals surface area (Å²) in [6.07, 6.45) is 0. The monoisotopic (exact) mass is 999 g/mol. The van der Waals surface area contributed by atoms with Gasteiger partial charge >= 0.3 is 0 Å². The lowest BCUT2D eigenvalue weighted by molar-refractivity contribution is 1.34. The molecule has 83 heavy (non-hydrogen) atoms. The third-order valence-electron chi connectivity index (χ3n) is 15.8. The van der Waals surface area contributed by atoms with Crippen LogP contribution >= 0.6 is 11.3 Å². The third-order valence-corrected chi connectivity index (χ3v) is 17.1. The van der Waals surface area contributed by atoms with E-state index in [2.05, 4.69) is 0 Å². The van der Waals surface area contributed by atoms with Crippen molar-refractivity contribution in [2.75, 3.05) is 4.90 Å². The van der Waals surface area contributed by atoms with Gasteiger partial charge in [-0.15, -0.1) is 82.4 Å². The normalized spacial score (nSPS) is 11.7. The van der Waals surface area contributed by atoms with E-state index in [-0.39, 0.29) is 209 Å². The zero-order valence-electron chi connectivity index (χ0n) is 44.1. The number of rotatable bonds is 6. The molecule has 0 fully saturated rings. The van der Waals surface area contributed by atoms with Gasteiger partial charge in [0, 0.05) is 31.8 Å². The molecule has 0 atom stereocenters. The van der Waals surface area contributed by atoms with E-state index in [1.54, 1.807) is 53.4 Å². The second kappa shape index (κ2) is 21.0. The van der Waals surface area contributed by atoms with Gasteiger partial charge in [-0.05, 0) is 89.3 Å². The number of hydrogen-bond donors (Lipinski definition) is 0. The van der Waals surface area contributed by atoms with Gasteiger partial charge < -0.3 is 4.90 Å². The van der Waals surface area contributed by atoms with E-state index in [4.69, 9.17) is 212 Å². The minimum atomic E-state index is -0.104. The lowest BCUT2D eigenvalue weighted by atomic mass is 9.59. The highest BCUT2D eigenvalue weighted by Gasteiger charge is 2.30. The number of benzene rings is 10. The molecular formula is C54H8B27NS. The highest BCUT2D eigenvalue weighted by molar-refractivity contribution is 7.28. The standard InChI is InChI=1S/C54H8B27NS/c55-17-4-12-14(5-18(17)56)52(51(81)37(67)24(12)25-15-6-21(59)34(64)38(68)27(15)41(71)44(74)36(25)66)82(9-1-11(10-3-20(58)33(63)32(62)13(10)2-9)26-39(69)45(75)49(79)46(76)40(26)70)23-8-19(57)29-30-31(61)16(7-22(60)53(30)83-54(29)35(23)65)28-42(72)47(77)50(80)48(78)43(28)73/h1-8H. The molecule has 0 saturated heterocycles. The molecule has 54 radical (unpaired) electrons. The SMILES string of the molecule is [B]c1cc2c(-c3c([B])c([B])c([B])c4c([B])c([B])c([B])cc34)c([B])c([B])c(N(c3cc(-c4c([B])c([B])c([B])c([B])c4[B])c4cc([B])c([B])c([B])c4c3)c3cc([B])c4c(sc5c([B])cc(-c6c([B])c([B])c([B])c([B])c6[B])c([B])c54)c3[B])c2cc1[B]. The summed E-state index contributed by atoms with van der Waals surface area (Å²) in [6.45, 7) is 0. The van der Waals surface area contributed by atoms with Crippen LogP contribution in [0.15, 0.2) is 48.5 Å². The molecule has 0 saturated carbocycles. The van der Waals surface area contributed by atoms with Crippen molar-refractivity contribution in [1.29, 1.82) is 0 Å². The van der Waals surface area contributed by atoms with E-state index >= 15 is 0 Å². The van der Waals surface area contributed by atoms with Crippen LogP contribution in [0.3, 0.4) is 0 Å². The molecule has 11 rings (SSSR count). The van der Waals surface area contributed by atoms with Gasteiger partial charge in [0.25, 0.3) is 0 Å². The summed E-state index contributed by atoms with van der Waals surface area (Å²) in [5.41, 5.74) is 2.61. The molecule has 0 aliphatic carbocycles. The van der Waals surface area contributed by atoms with Crippen molar-refractivity contribution in [3.63, 3.8) is 0 Å². The number of fused-ring (bicyclic) bond motifs is 6. The van der Waals surface area contributed by atoms with Crippen LogP contribution in [0.2, 0.25) is 0 Å². The van der Waals surface area contributed by atoms with E-state index < -0.39 is 0 Å². The van der Waals surface area contributed by atoms with Crippen LogP contribution in [0.1, 0.15) is 0 Å². The molecule has 11 aromatic rings. The first-order valence-corrected chi connectivity index (χ1v) is 25.6. The Morgan fingerprint density at radius 3 is 1.23 bits per heavy atom. The molecule has 316 valence electrons. The number of hydrogen-bond acceptors (Lipinski definition) is 2. The van der Waals surface area contributed by atoms with E-state index in [1.165, 1.54) is 11.3 Å². The maximum absolute atomic E-state index is 7.59. The van der Waals surface area contributed by atoms with Crippen LogP contribution in [0.4, 0.5) is 17.1 Å². The highest BCUT2D eigenvalue weighted by atomic mass is 32.1. The van der Waals surface area contributed by atoms with E-state index in [1.807, 2.05) is 0 Å². The Bertz CT molecular complexity index is 4780. The van der Waals surface area contributed by atoms with Crippen LogP contribution in [-0.2, 0) is 0 Å². The Morgan fingerprint density at radius 2 is 0.663 bits per heavy atom. The summed E-state index contributed by atoms with van der Waals surface area (Å²) >= 11 is 1.18. The zero-order chi connectivity index (χ0) is 60.5. The van der Waals surface area contributed by atoms with Gasteiger partial charge in [-0.25, -0.2) is 0 Å². The third kappa shape index (κ3) is 8.64. The quantitative estimate of drug-likeness (QED) is 0.150. The predicted octanol–water partition coefficient (Wildman–Crippen LogP) is -16.6. The first kappa shape index (κ1) is 59.5. The smallest absolute Gasteiger partial charge is 0.118 e. The minimum Gasteiger partial charge on any atom is -0.311 e. The van der Waals surface area contributed by atoms with Crippen molar-refractivity contribution in [2.45, 2.75) is 0 Å². The fraction of sp³-hybridized carbons (Fsp3) is 0. The van der Waals surface area contributed by atoms with Crippen LogP contribution in [0.25, 0.3) is 85.9 Å². The van der Waals surface area contributed by atoms with E-state index in [9.17, 15) is 0 Å². The second-order valence-corrected chi connectivity index (χ2v) is 21.4. The fourth-order valence-electron chi connectivity index (χ4n) is 11.3. The van der Waals surface area contributed by atoms with E-state index in [0.717, 1.165) is 0 Å². The molecule has 0 bridgehead atoms. The molecule has 0 unspecified atom stereocenters. The summed E-state index contributed by atoms with van der Waals surface area (Å²) < 4.78 is 0.868. The van der Waals surface area contributed by atoms with Gasteiger partial charge in [-0.3, -0.25) is 0 Å². The van der Waals surface area contributed by atoms with Gasteiger partial charge in [-0.1, -0.05) is 107 Å². The van der Waals surface area contributed by atoms with Crippen molar-refractivity contribution < 1.29 is 0 Å². The molecule has 0 amide bonds. The molecule has 0 spiro atoms. The Kier molecular flexibility index (Phi) is 15.1. The molecule has 1 aromatic heterocycles. The van der Waals surface area contributed by atoms with Crippen LogP contribution in [0.5, 0.6) is 0 Å². The Labute approximate surface area is 523 Å². The summed E-state index contributed by atoms with van der Waals surface area (Å²) in [6, 6.07) is 12.9. The number of anilines is 3. The van der Waals surface area contributed by atoms with Crippen molar-refractivity contribution >= 4 is 440 Å². The number of thiophene rings is 1. The molecule has 0 aliphatic rings. The van der Waals surface area contributed by atoms with Gasteiger partial charge in [-0.2, -0.15) is 0 Å². The van der Waals surface area contributed by atoms with Crippen LogP contribution in [-0.4, -0.2) is 212 Å². The zero-order valence-corrected chi connectivity index (χ0v) is 44.9. The summed E-state index contributed by atoms with van der Waals surface area (Å²) in [5.74, 6) is 0. The Morgan fingerprint density at radius 1 is 0.229 bits per heavy atom. The lowest BCUT2D eigenvalue weighted by Gasteiger charge is -2.35. The second-order valence-electron chi connectivity index (χ2n) is 20.3. The van der Waals surface area contributed by atoms with Crippen molar-refractivity contribution in [2.24, 2.45) is 0 Å². The summed E-state index contributed by atoms with van der Waals surface area (Å²) in [5, 5.41) is 2.64. The molecule has 0 N–H and O–H groups in total. The molecule has 0 aliphatic heterocycles. The summed E-state index contributed by atoms with van der Waals surface area (Å²) in [4.78, 5) is 1.67. The van der Waals surface area contributed by atoms with Crippen LogP contribution < -0.4 is 152 Å². The Balaban J connectivity index is 1.34. The van der Waals surface area contributed by atoms with Gasteiger partial charge in [0.15, 0.2) is 0 Å². The number of nitrogens with zero attached hydrogens (tertiary/aromatic N) is 1. The van der Waals surface area contributed by atoms with Crippen LogP contribution in [0, 0.1) is 0 Å². The van der Waals surface area contributed by atoms with Crippen molar-refractivity contribution in [3.05, 3.63) is 48.5 Å². The predicted molar refractivity (Wildman–Crippen MR) is 388 cm³/mol. The van der Waals surface area contributed by atoms with E-state index in [0.29, 0.717) is 41.7 Å². The average Bonchev–Trinajstić information content (AvgIpc) is 3.92. The molecule has 29 heteroatoms. The largest absolute Gasteiger partial charge is 0.311 e. The Hall–Kier alpha value is -5.25. The maximum Gasteiger partial charge on any atom is 0.118 e. The van der Waals surface area contributed by atoms with Crippen molar-refractivity contribution in [3.8, 4) is 33.4 Å². The van der Waals surface area contributed by atoms with Crippen molar-refractivity contribution in [1.82, 2.24) is 0 Å². The highest BCUT2D eigenvalue weighted by Crippen LogP contribution is 2.44. The van der Waals surface area contributed by atoms with Gasteiger partial charge in [0.2, 0.25) is 0 Å². The topological polar surface area (TPSA) is 3.24 Å². The molecule has 1 nitrogen and oxygen atoms in total. The fourth-order valence-corrected chi connectivity index (χ4v) is 12.5. The van der Waals surface area contributed by atoms with Gasteiger partial charge in [0.05, 0.1) is 0 Å². The average molecular weight is 995 g/mol. The first-order valence-electron chi connectivity index (χ1n) is 24.7. The summed E-state index contributed by atoms with van der Waals surface area (Å²) in [7, 11) is 183. The molecule has 10 aromatic carbocycles.